The lowest BCUT2D eigenvalue weighted by Crippen LogP contribution is -2.55. The Bertz CT molecular complexity index is 225. The van der Waals surface area contributed by atoms with Gasteiger partial charge in [0.15, 0.2) is 5.60 Å². The van der Waals surface area contributed by atoms with Crippen LogP contribution in [-0.2, 0) is 4.79 Å². The lowest BCUT2D eigenvalue weighted by molar-refractivity contribution is -0.205. The van der Waals surface area contributed by atoms with Gasteiger partial charge in [-0.2, -0.15) is 8.78 Å². The number of halogens is 2. The molecule has 0 aromatic rings. The van der Waals surface area contributed by atoms with Crippen LogP contribution in [0.15, 0.2) is 12.7 Å². The van der Waals surface area contributed by atoms with Gasteiger partial charge in [0.1, 0.15) is 0 Å². The van der Waals surface area contributed by atoms with Crippen molar-refractivity contribution < 1.29 is 23.8 Å². The topological polar surface area (TPSA) is 57.5 Å². The molecule has 0 aromatic carbocycles. The number of rotatable bonds is 4. The van der Waals surface area contributed by atoms with E-state index in [-0.39, 0.29) is 0 Å². The quantitative estimate of drug-likeness (QED) is 0.663. The summed E-state index contributed by atoms with van der Waals surface area (Å²) in [6.45, 7) is 5.59. The van der Waals surface area contributed by atoms with E-state index in [1.165, 1.54) is 13.8 Å². The zero-order valence-corrected chi connectivity index (χ0v) is 7.42. The minimum Gasteiger partial charge on any atom is -0.477 e. The number of alkyl halides is 2. The van der Waals surface area contributed by atoms with Crippen molar-refractivity contribution >= 4 is 5.97 Å². The van der Waals surface area contributed by atoms with Crippen LogP contribution in [0.1, 0.15) is 13.8 Å². The van der Waals surface area contributed by atoms with Crippen molar-refractivity contribution in [3.05, 3.63) is 12.7 Å². The molecule has 0 aliphatic carbocycles. The van der Waals surface area contributed by atoms with Crippen molar-refractivity contribution in [2.75, 3.05) is 0 Å². The molecular formula is C8H12F2O3. The van der Waals surface area contributed by atoms with Crippen molar-refractivity contribution in [2.24, 2.45) is 5.92 Å². The largest absolute Gasteiger partial charge is 0.477 e. The van der Waals surface area contributed by atoms with Crippen LogP contribution in [0.4, 0.5) is 8.78 Å². The Labute approximate surface area is 74.7 Å². The van der Waals surface area contributed by atoms with E-state index in [1.54, 1.807) is 0 Å². The van der Waals surface area contributed by atoms with E-state index in [0.29, 0.717) is 6.08 Å². The van der Waals surface area contributed by atoms with E-state index < -0.39 is 23.4 Å². The molecule has 0 heterocycles. The second-order valence-electron chi connectivity index (χ2n) is 3.06. The highest BCUT2D eigenvalue weighted by Crippen LogP contribution is 2.36. The van der Waals surface area contributed by atoms with E-state index in [1.807, 2.05) is 0 Å². The summed E-state index contributed by atoms with van der Waals surface area (Å²) >= 11 is 0. The van der Waals surface area contributed by atoms with Gasteiger partial charge in [-0.25, -0.2) is 4.79 Å². The van der Waals surface area contributed by atoms with E-state index in [0.717, 1.165) is 0 Å². The maximum Gasteiger partial charge on any atom is 0.378 e. The molecule has 76 valence electrons. The Balaban J connectivity index is 5.19. The molecule has 0 aromatic heterocycles. The van der Waals surface area contributed by atoms with Gasteiger partial charge in [0.05, 0.1) is 0 Å². The minimum absolute atomic E-state index is 0.561. The Hall–Kier alpha value is -0.970. The van der Waals surface area contributed by atoms with Crippen LogP contribution >= 0.6 is 0 Å². The molecule has 13 heavy (non-hydrogen) atoms. The van der Waals surface area contributed by atoms with E-state index >= 15 is 0 Å². The predicted octanol–water partition coefficient (Wildman–Crippen LogP) is 1.28. The standard InChI is InChI=1S/C8H12F2O3/c1-4-7(13,5(2)3)8(9,10)6(11)12/h4-5,13H,1H2,2-3H3,(H,11,12). The molecule has 1 atom stereocenters. The Morgan fingerprint density at radius 2 is 1.92 bits per heavy atom. The van der Waals surface area contributed by atoms with Gasteiger partial charge in [0.25, 0.3) is 0 Å². The van der Waals surface area contributed by atoms with Crippen LogP contribution in [0.2, 0.25) is 0 Å². The first-order valence-electron chi connectivity index (χ1n) is 3.67. The summed E-state index contributed by atoms with van der Waals surface area (Å²) in [5.74, 6) is -7.51. The van der Waals surface area contributed by atoms with Crippen molar-refractivity contribution in [3.8, 4) is 0 Å². The fourth-order valence-electron chi connectivity index (χ4n) is 0.898. The van der Waals surface area contributed by atoms with Crippen molar-refractivity contribution in [1.82, 2.24) is 0 Å². The Morgan fingerprint density at radius 3 is 2.00 bits per heavy atom. The summed E-state index contributed by atoms with van der Waals surface area (Å²) in [4.78, 5) is 10.2. The normalized spacial score (nSPS) is 16.8. The second-order valence-corrected chi connectivity index (χ2v) is 3.06. The van der Waals surface area contributed by atoms with Crippen LogP contribution < -0.4 is 0 Å². The van der Waals surface area contributed by atoms with Crippen LogP contribution in [0.3, 0.4) is 0 Å². The highest BCUT2D eigenvalue weighted by molar-refractivity contribution is 5.77. The first-order valence-corrected chi connectivity index (χ1v) is 3.67. The number of hydrogen-bond donors (Lipinski definition) is 2. The third-order valence-corrected chi connectivity index (χ3v) is 1.96. The van der Waals surface area contributed by atoms with Crippen molar-refractivity contribution in [2.45, 2.75) is 25.4 Å². The van der Waals surface area contributed by atoms with Gasteiger partial charge in [-0.3, -0.25) is 0 Å². The minimum atomic E-state index is -4.22. The van der Waals surface area contributed by atoms with Gasteiger partial charge in [0.2, 0.25) is 0 Å². The van der Waals surface area contributed by atoms with Crippen LogP contribution in [-0.4, -0.2) is 27.7 Å². The number of carbonyl (C=O) groups is 1. The average Bonchev–Trinajstić information content (AvgIpc) is 2.01. The summed E-state index contributed by atoms with van der Waals surface area (Å²) in [6.07, 6.45) is 0.561. The zero-order chi connectivity index (χ0) is 10.9. The third kappa shape index (κ3) is 1.70. The third-order valence-electron chi connectivity index (χ3n) is 1.96. The van der Waals surface area contributed by atoms with Crippen molar-refractivity contribution in [1.29, 1.82) is 0 Å². The molecule has 2 N–H and O–H groups in total. The monoisotopic (exact) mass is 194 g/mol. The van der Waals surface area contributed by atoms with Crippen LogP contribution in [0.25, 0.3) is 0 Å². The van der Waals surface area contributed by atoms with Gasteiger partial charge in [-0.15, -0.1) is 0 Å². The molecule has 5 heteroatoms. The Morgan fingerprint density at radius 1 is 1.54 bits per heavy atom. The molecule has 0 radical (unpaired) electrons. The van der Waals surface area contributed by atoms with E-state index in [4.69, 9.17) is 5.11 Å². The summed E-state index contributed by atoms with van der Waals surface area (Å²) < 4.78 is 25.9. The maximum atomic E-state index is 12.9. The molecule has 0 amide bonds. The number of aliphatic hydroxyl groups is 1. The molecule has 1 unspecified atom stereocenters. The lowest BCUT2D eigenvalue weighted by Gasteiger charge is -2.33. The molecule has 0 saturated heterocycles. The first-order chi connectivity index (χ1) is 5.70. The summed E-state index contributed by atoms with van der Waals surface area (Å²) in [5, 5.41) is 17.5. The van der Waals surface area contributed by atoms with Gasteiger partial charge in [-0.05, 0) is 5.92 Å². The number of carboxylic acid groups (broad SMARTS) is 1. The first kappa shape index (κ1) is 12.0. The fraction of sp³-hybridized carbons (Fsp3) is 0.625. The molecule has 0 fully saturated rings. The SMILES string of the molecule is C=CC(O)(C(C)C)C(F)(F)C(=O)O. The number of hydrogen-bond acceptors (Lipinski definition) is 2. The fourth-order valence-corrected chi connectivity index (χ4v) is 0.898. The molecule has 3 nitrogen and oxygen atoms in total. The van der Waals surface area contributed by atoms with Gasteiger partial charge in [0, 0.05) is 0 Å². The molecule has 0 aliphatic rings. The molecule has 0 rings (SSSR count). The number of carboxylic acids is 1. The summed E-state index contributed by atoms with van der Waals surface area (Å²) in [6, 6.07) is 0. The molecule has 0 saturated carbocycles. The summed E-state index contributed by atoms with van der Waals surface area (Å²) in [7, 11) is 0. The molecule has 0 spiro atoms. The second kappa shape index (κ2) is 3.41. The molecule has 0 bridgehead atoms. The zero-order valence-electron chi connectivity index (χ0n) is 7.42. The van der Waals surface area contributed by atoms with Crippen LogP contribution in [0, 0.1) is 5.92 Å². The van der Waals surface area contributed by atoms with Crippen LogP contribution in [0.5, 0.6) is 0 Å². The van der Waals surface area contributed by atoms with Gasteiger partial charge < -0.3 is 10.2 Å². The predicted molar refractivity (Wildman–Crippen MR) is 42.6 cm³/mol. The molecular weight excluding hydrogens is 182 g/mol. The number of aliphatic carboxylic acids is 1. The highest BCUT2D eigenvalue weighted by Gasteiger charge is 2.58. The average molecular weight is 194 g/mol. The van der Waals surface area contributed by atoms with E-state index in [2.05, 4.69) is 6.58 Å². The van der Waals surface area contributed by atoms with Gasteiger partial charge >= 0.3 is 11.9 Å². The summed E-state index contributed by atoms with van der Waals surface area (Å²) in [5.41, 5.74) is -2.71. The molecule has 0 aliphatic heterocycles. The Kier molecular flexibility index (Phi) is 3.16. The smallest absolute Gasteiger partial charge is 0.378 e. The highest BCUT2D eigenvalue weighted by atomic mass is 19.3. The lowest BCUT2D eigenvalue weighted by atomic mass is 9.84. The van der Waals surface area contributed by atoms with E-state index in [9.17, 15) is 18.7 Å². The maximum absolute atomic E-state index is 12.9. The van der Waals surface area contributed by atoms with Crippen molar-refractivity contribution in [3.63, 3.8) is 0 Å². The van der Waals surface area contributed by atoms with Gasteiger partial charge in [-0.1, -0.05) is 26.5 Å².